The Balaban J connectivity index is 1.58. The predicted molar refractivity (Wildman–Crippen MR) is 101 cm³/mol. The number of rotatable bonds is 4. The lowest BCUT2D eigenvalue weighted by molar-refractivity contribution is 0.0565. The van der Waals surface area contributed by atoms with Crippen molar-refractivity contribution in [2.24, 2.45) is 0 Å². The lowest BCUT2D eigenvalue weighted by atomic mass is 10.2. The van der Waals surface area contributed by atoms with Crippen LogP contribution >= 0.6 is 11.6 Å². The number of carbonyl (C=O) groups excluding carboxylic acids is 2. The van der Waals surface area contributed by atoms with Crippen molar-refractivity contribution in [3.8, 4) is 0 Å². The Morgan fingerprint density at radius 3 is 2.41 bits per heavy atom. The maximum absolute atomic E-state index is 12.6. The van der Waals surface area contributed by atoms with E-state index in [9.17, 15) is 9.59 Å². The minimum absolute atomic E-state index is 0.213. The standard InChI is InChI=1S/C18H20ClN5O3/c1-2-27-18(26)24-11-9-23(10-12-24)17(25)15-7-8-16(22-21-15)20-14-6-4-3-5-13(14)19/h3-8H,2,9-12H2,1H3,(H,20,22). The summed E-state index contributed by atoms with van der Waals surface area (Å²) < 4.78 is 4.98. The largest absolute Gasteiger partial charge is 0.450 e. The van der Waals surface area contributed by atoms with Crippen molar-refractivity contribution in [3.63, 3.8) is 0 Å². The summed E-state index contributed by atoms with van der Waals surface area (Å²) >= 11 is 6.10. The average Bonchev–Trinajstić information content (AvgIpc) is 2.70. The Bertz CT molecular complexity index is 807. The number of para-hydroxylation sites is 1. The van der Waals surface area contributed by atoms with Crippen LogP contribution in [0.1, 0.15) is 17.4 Å². The van der Waals surface area contributed by atoms with Crippen LogP contribution in [0.25, 0.3) is 0 Å². The summed E-state index contributed by atoms with van der Waals surface area (Å²) in [5.41, 5.74) is 0.965. The minimum atomic E-state index is -0.348. The van der Waals surface area contributed by atoms with Crippen LogP contribution in [0.15, 0.2) is 36.4 Å². The van der Waals surface area contributed by atoms with Crippen LogP contribution in [0.5, 0.6) is 0 Å². The van der Waals surface area contributed by atoms with Crippen molar-refractivity contribution in [2.45, 2.75) is 6.92 Å². The third kappa shape index (κ3) is 4.65. The van der Waals surface area contributed by atoms with Gasteiger partial charge in [-0.15, -0.1) is 10.2 Å². The van der Waals surface area contributed by atoms with Gasteiger partial charge in [-0.25, -0.2) is 4.79 Å². The quantitative estimate of drug-likeness (QED) is 0.865. The number of hydrogen-bond donors (Lipinski definition) is 1. The molecule has 3 rings (SSSR count). The van der Waals surface area contributed by atoms with Gasteiger partial charge in [0.05, 0.1) is 17.3 Å². The molecule has 0 saturated carbocycles. The molecule has 27 heavy (non-hydrogen) atoms. The Morgan fingerprint density at radius 2 is 1.78 bits per heavy atom. The van der Waals surface area contributed by atoms with Crippen LogP contribution in [-0.2, 0) is 4.74 Å². The predicted octanol–water partition coefficient (Wildman–Crippen LogP) is 2.79. The zero-order valence-electron chi connectivity index (χ0n) is 14.9. The van der Waals surface area contributed by atoms with Crippen molar-refractivity contribution in [2.75, 3.05) is 38.1 Å². The Morgan fingerprint density at radius 1 is 1.07 bits per heavy atom. The van der Waals surface area contributed by atoms with Gasteiger partial charge in [0.15, 0.2) is 11.5 Å². The molecule has 9 heteroatoms. The van der Waals surface area contributed by atoms with Crippen LogP contribution in [0, 0.1) is 0 Å². The molecule has 2 amide bonds. The van der Waals surface area contributed by atoms with E-state index in [0.717, 1.165) is 0 Å². The molecule has 0 aliphatic carbocycles. The summed E-state index contributed by atoms with van der Waals surface area (Å²) in [6.07, 6.45) is -0.348. The zero-order chi connectivity index (χ0) is 19.2. The van der Waals surface area contributed by atoms with Gasteiger partial charge in [-0.05, 0) is 31.2 Å². The number of piperazine rings is 1. The summed E-state index contributed by atoms with van der Waals surface area (Å²) in [7, 11) is 0. The van der Waals surface area contributed by atoms with E-state index in [0.29, 0.717) is 49.3 Å². The van der Waals surface area contributed by atoms with Crippen LogP contribution < -0.4 is 5.32 Å². The third-order valence-corrected chi connectivity index (χ3v) is 4.44. The molecule has 1 aromatic carbocycles. The first-order valence-corrected chi connectivity index (χ1v) is 9.02. The molecule has 0 radical (unpaired) electrons. The molecule has 0 bridgehead atoms. The maximum Gasteiger partial charge on any atom is 0.409 e. The first-order chi connectivity index (χ1) is 13.1. The Hall–Kier alpha value is -2.87. The number of amides is 2. The van der Waals surface area contributed by atoms with Gasteiger partial charge in [-0.2, -0.15) is 0 Å². The summed E-state index contributed by atoms with van der Waals surface area (Å²) in [4.78, 5) is 27.5. The first kappa shape index (κ1) is 18.9. The summed E-state index contributed by atoms with van der Waals surface area (Å²) in [5.74, 6) is 0.280. The van der Waals surface area contributed by atoms with Gasteiger partial charge in [-0.3, -0.25) is 4.79 Å². The second-order valence-electron chi connectivity index (χ2n) is 5.89. The normalized spacial score (nSPS) is 14.0. The summed E-state index contributed by atoms with van der Waals surface area (Å²) in [6, 6.07) is 10.6. The van der Waals surface area contributed by atoms with Crippen LogP contribution in [0.3, 0.4) is 0 Å². The highest BCUT2D eigenvalue weighted by molar-refractivity contribution is 6.33. The highest BCUT2D eigenvalue weighted by Gasteiger charge is 2.26. The van der Waals surface area contributed by atoms with Gasteiger partial charge in [0.1, 0.15) is 0 Å². The molecule has 1 fully saturated rings. The lowest BCUT2D eigenvalue weighted by Crippen LogP contribution is -2.50. The summed E-state index contributed by atoms with van der Waals surface area (Å²) in [6.45, 7) is 3.83. The fraction of sp³-hybridized carbons (Fsp3) is 0.333. The second-order valence-corrected chi connectivity index (χ2v) is 6.29. The van der Waals surface area contributed by atoms with Crippen molar-refractivity contribution in [1.82, 2.24) is 20.0 Å². The number of aromatic nitrogens is 2. The molecule has 1 aliphatic rings. The zero-order valence-corrected chi connectivity index (χ0v) is 15.6. The van der Waals surface area contributed by atoms with Gasteiger partial charge in [-0.1, -0.05) is 23.7 Å². The number of nitrogens with one attached hydrogen (secondary N) is 1. The molecule has 8 nitrogen and oxygen atoms in total. The van der Waals surface area contributed by atoms with Gasteiger partial charge < -0.3 is 19.9 Å². The van der Waals surface area contributed by atoms with E-state index in [4.69, 9.17) is 16.3 Å². The monoisotopic (exact) mass is 389 g/mol. The molecule has 1 aliphatic heterocycles. The highest BCUT2D eigenvalue weighted by Crippen LogP contribution is 2.23. The fourth-order valence-corrected chi connectivity index (χ4v) is 2.87. The number of anilines is 2. The lowest BCUT2D eigenvalue weighted by Gasteiger charge is -2.33. The number of nitrogens with zero attached hydrogens (tertiary/aromatic N) is 4. The third-order valence-electron chi connectivity index (χ3n) is 4.11. The topological polar surface area (TPSA) is 87.7 Å². The van der Waals surface area contributed by atoms with Crippen molar-refractivity contribution >= 4 is 35.1 Å². The number of benzene rings is 1. The smallest absolute Gasteiger partial charge is 0.409 e. The van der Waals surface area contributed by atoms with Crippen molar-refractivity contribution in [3.05, 3.63) is 47.1 Å². The van der Waals surface area contributed by atoms with E-state index in [1.54, 1.807) is 34.9 Å². The van der Waals surface area contributed by atoms with E-state index >= 15 is 0 Å². The van der Waals surface area contributed by atoms with E-state index in [1.807, 2.05) is 18.2 Å². The van der Waals surface area contributed by atoms with Crippen molar-refractivity contribution in [1.29, 1.82) is 0 Å². The SMILES string of the molecule is CCOC(=O)N1CCN(C(=O)c2ccc(Nc3ccccc3Cl)nn2)CC1. The molecular formula is C18H20ClN5O3. The molecule has 2 heterocycles. The van der Waals surface area contributed by atoms with Gasteiger partial charge in [0, 0.05) is 26.2 Å². The molecular weight excluding hydrogens is 370 g/mol. The van der Waals surface area contributed by atoms with Crippen LogP contribution in [-0.4, -0.2) is 64.8 Å². The molecule has 0 unspecified atom stereocenters. The van der Waals surface area contributed by atoms with Crippen LogP contribution in [0.4, 0.5) is 16.3 Å². The van der Waals surface area contributed by atoms with Crippen molar-refractivity contribution < 1.29 is 14.3 Å². The number of carbonyl (C=O) groups is 2. The van der Waals surface area contributed by atoms with Gasteiger partial charge in [0.2, 0.25) is 0 Å². The fourth-order valence-electron chi connectivity index (χ4n) is 2.68. The first-order valence-electron chi connectivity index (χ1n) is 8.64. The molecule has 2 aromatic rings. The van der Waals surface area contributed by atoms with E-state index < -0.39 is 0 Å². The van der Waals surface area contributed by atoms with E-state index in [2.05, 4.69) is 15.5 Å². The number of halogens is 1. The van der Waals surface area contributed by atoms with E-state index in [1.165, 1.54) is 0 Å². The maximum atomic E-state index is 12.6. The molecule has 142 valence electrons. The van der Waals surface area contributed by atoms with Crippen LogP contribution in [0.2, 0.25) is 5.02 Å². The Kier molecular flexibility index (Phi) is 6.08. The van der Waals surface area contributed by atoms with E-state index in [-0.39, 0.29) is 17.7 Å². The molecule has 1 N–H and O–H groups in total. The second kappa shape index (κ2) is 8.68. The molecule has 0 spiro atoms. The molecule has 1 saturated heterocycles. The Labute approximate surface area is 162 Å². The van der Waals surface area contributed by atoms with Gasteiger partial charge >= 0.3 is 6.09 Å². The minimum Gasteiger partial charge on any atom is -0.450 e. The highest BCUT2D eigenvalue weighted by atomic mass is 35.5. The summed E-state index contributed by atoms with van der Waals surface area (Å²) in [5, 5.41) is 11.7. The molecule has 1 aromatic heterocycles. The molecule has 0 atom stereocenters. The number of hydrogen-bond acceptors (Lipinski definition) is 6. The average molecular weight is 390 g/mol. The van der Waals surface area contributed by atoms with Gasteiger partial charge in [0.25, 0.3) is 5.91 Å². The number of ether oxygens (including phenoxy) is 1.